The Morgan fingerprint density at radius 1 is 1.36 bits per heavy atom. The predicted octanol–water partition coefficient (Wildman–Crippen LogP) is 2.92. The zero-order valence-electron chi connectivity index (χ0n) is 8.69. The maximum absolute atomic E-state index is 5.90. The van der Waals surface area contributed by atoms with E-state index in [0.717, 1.165) is 17.7 Å². The molecule has 0 radical (unpaired) electrons. The molecule has 0 amide bonds. The summed E-state index contributed by atoms with van der Waals surface area (Å²) in [4.78, 5) is 0. The van der Waals surface area contributed by atoms with E-state index in [1.54, 1.807) is 0 Å². The average molecular weight is 216 g/mol. The van der Waals surface area contributed by atoms with Crippen molar-refractivity contribution < 1.29 is 4.74 Å². The minimum Gasteiger partial charge on any atom is -0.494 e. The number of benzene rings is 1. The van der Waals surface area contributed by atoms with Gasteiger partial charge in [0, 0.05) is 6.04 Å². The number of rotatable bonds is 4. The first-order chi connectivity index (χ1) is 6.27. The van der Waals surface area contributed by atoms with Crippen LogP contribution in [0.5, 0.6) is 5.75 Å². The van der Waals surface area contributed by atoms with Gasteiger partial charge in [-0.1, -0.05) is 19.1 Å². The molecule has 2 N–H and O–H groups in total. The number of ether oxygens (including phenoxy) is 1. The Bertz CT molecular complexity index is 265. The van der Waals surface area contributed by atoms with E-state index in [0.29, 0.717) is 6.61 Å². The summed E-state index contributed by atoms with van der Waals surface area (Å²) in [6, 6.07) is 8.11. The molecular formula is C11H18ClNO. The molecule has 0 bridgehead atoms. The average Bonchev–Trinajstić information content (AvgIpc) is 2.18. The lowest BCUT2D eigenvalue weighted by Crippen LogP contribution is -2.08. The summed E-state index contributed by atoms with van der Waals surface area (Å²) in [5.74, 6) is 0.906. The van der Waals surface area contributed by atoms with Crippen molar-refractivity contribution in [3.63, 3.8) is 0 Å². The molecule has 0 spiro atoms. The predicted molar refractivity (Wildman–Crippen MR) is 62.1 cm³/mol. The highest BCUT2D eigenvalue weighted by molar-refractivity contribution is 5.85. The summed E-state index contributed by atoms with van der Waals surface area (Å²) in [5.41, 5.74) is 7.05. The maximum atomic E-state index is 5.90. The van der Waals surface area contributed by atoms with Crippen LogP contribution >= 0.6 is 12.4 Å². The van der Waals surface area contributed by atoms with Crippen molar-refractivity contribution in [3.8, 4) is 5.75 Å². The molecule has 1 aromatic rings. The van der Waals surface area contributed by atoms with Gasteiger partial charge in [0.15, 0.2) is 0 Å². The van der Waals surface area contributed by atoms with Gasteiger partial charge in [0.2, 0.25) is 0 Å². The van der Waals surface area contributed by atoms with Crippen molar-refractivity contribution in [2.24, 2.45) is 5.73 Å². The van der Waals surface area contributed by atoms with Gasteiger partial charge in [-0.05, 0) is 31.0 Å². The molecule has 14 heavy (non-hydrogen) atoms. The van der Waals surface area contributed by atoms with Crippen molar-refractivity contribution in [1.82, 2.24) is 0 Å². The Morgan fingerprint density at radius 3 is 2.64 bits per heavy atom. The van der Waals surface area contributed by atoms with Gasteiger partial charge in [-0.2, -0.15) is 0 Å². The maximum Gasteiger partial charge on any atom is 0.119 e. The Labute approximate surface area is 91.9 Å². The molecule has 0 aliphatic carbocycles. The van der Waals surface area contributed by atoms with E-state index in [9.17, 15) is 0 Å². The highest BCUT2D eigenvalue weighted by Crippen LogP contribution is 2.19. The first-order valence-corrected chi connectivity index (χ1v) is 4.76. The zero-order valence-corrected chi connectivity index (χ0v) is 9.51. The molecule has 0 aliphatic heterocycles. The summed E-state index contributed by atoms with van der Waals surface area (Å²) >= 11 is 0. The van der Waals surface area contributed by atoms with Crippen LogP contribution in [-0.2, 0) is 0 Å². The summed E-state index contributed by atoms with van der Waals surface area (Å²) in [7, 11) is 0. The van der Waals surface area contributed by atoms with Gasteiger partial charge in [0.05, 0.1) is 6.61 Å². The molecule has 0 aliphatic rings. The van der Waals surface area contributed by atoms with Crippen LogP contribution in [0.1, 0.15) is 31.9 Å². The first-order valence-electron chi connectivity index (χ1n) is 4.76. The topological polar surface area (TPSA) is 35.2 Å². The lowest BCUT2D eigenvalue weighted by atomic mass is 10.1. The summed E-state index contributed by atoms with van der Waals surface area (Å²) in [5, 5.41) is 0. The largest absolute Gasteiger partial charge is 0.494 e. The van der Waals surface area contributed by atoms with Crippen LogP contribution in [-0.4, -0.2) is 6.61 Å². The van der Waals surface area contributed by atoms with Crippen molar-refractivity contribution >= 4 is 12.4 Å². The second kappa shape index (κ2) is 6.68. The van der Waals surface area contributed by atoms with Gasteiger partial charge in [0.1, 0.15) is 5.75 Å². The number of hydrogen-bond acceptors (Lipinski definition) is 2. The molecule has 1 rings (SSSR count). The molecule has 1 atom stereocenters. The number of hydrogen-bond donors (Lipinski definition) is 1. The summed E-state index contributed by atoms with van der Waals surface area (Å²) < 4.78 is 5.39. The van der Waals surface area contributed by atoms with Crippen LogP contribution < -0.4 is 10.5 Å². The SMILES string of the molecule is CCOc1cccc([C@H](N)CC)c1.Cl. The Balaban J connectivity index is 0.00000169. The fourth-order valence-corrected chi connectivity index (χ4v) is 1.24. The van der Waals surface area contributed by atoms with Crippen LogP contribution in [0.25, 0.3) is 0 Å². The van der Waals surface area contributed by atoms with E-state index in [-0.39, 0.29) is 18.4 Å². The minimum atomic E-state index is 0. The molecule has 0 fully saturated rings. The van der Waals surface area contributed by atoms with Crippen LogP contribution in [0.3, 0.4) is 0 Å². The standard InChI is InChI=1S/C11H17NO.ClH/c1-3-11(12)9-6-5-7-10(8-9)13-4-2;/h5-8,11H,3-4,12H2,1-2H3;1H/t11-;/m1./s1. The fourth-order valence-electron chi connectivity index (χ4n) is 1.24. The summed E-state index contributed by atoms with van der Waals surface area (Å²) in [6.45, 7) is 4.76. The smallest absolute Gasteiger partial charge is 0.119 e. The molecule has 3 heteroatoms. The van der Waals surface area contributed by atoms with Gasteiger partial charge >= 0.3 is 0 Å². The van der Waals surface area contributed by atoms with E-state index in [4.69, 9.17) is 10.5 Å². The Kier molecular flexibility index (Phi) is 6.34. The first kappa shape index (κ1) is 13.3. The van der Waals surface area contributed by atoms with Crippen LogP contribution in [0.2, 0.25) is 0 Å². The van der Waals surface area contributed by atoms with Crippen molar-refractivity contribution in [3.05, 3.63) is 29.8 Å². The van der Waals surface area contributed by atoms with Crippen molar-refractivity contribution in [2.45, 2.75) is 26.3 Å². The third-order valence-corrected chi connectivity index (χ3v) is 2.04. The molecule has 0 aromatic heterocycles. The monoisotopic (exact) mass is 215 g/mol. The lowest BCUT2D eigenvalue weighted by molar-refractivity contribution is 0.339. The van der Waals surface area contributed by atoms with Crippen molar-refractivity contribution in [1.29, 1.82) is 0 Å². The van der Waals surface area contributed by atoms with Gasteiger partial charge in [0.25, 0.3) is 0 Å². The Morgan fingerprint density at radius 2 is 2.07 bits per heavy atom. The van der Waals surface area contributed by atoms with E-state index in [1.165, 1.54) is 0 Å². The second-order valence-corrected chi connectivity index (χ2v) is 3.02. The van der Waals surface area contributed by atoms with E-state index in [1.807, 2.05) is 31.2 Å². The van der Waals surface area contributed by atoms with Crippen LogP contribution in [0.4, 0.5) is 0 Å². The van der Waals surface area contributed by atoms with Crippen molar-refractivity contribution in [2.75, 3.05) is 6.61 Å². The molecule has 2 nitrogen and oxygen atoms in total. The molecule has 0 saturated carbocycles. The normalized spacial score (nSPS) is 11.6. The van der Waals surface area contributed by atoms with E-state index < -0.39 is 0 Å². The molecule has 1 aromatic carbocycles. The quantitative estimate of drug-likeness (QED) is 0.838. The second-order valence-electron chi connectivity index (χ2n) is 3.02. The van der Waals surface area contributed by atoms with Gasteiger partial charge in [-0.15, -0.1) is 12.4 Å². The van der Waals surface area contributed by atoms with Crippen LogP contribution in [0, 0.1) is 0 Å². The number of nitrogens with two attached hydrogens (primary N) is 1. The third kappa shape index (κ3) is 3.56. The highest BCUT2D eigenvalue weighted by Gasteiger charge is 2.03. The van der Waals surface area contributed by atoms with Gasteiger partial charge in [-0.25, -0.2) is 0 Å². The fraction of sp³-hybridized carbons (Fsp3) is 0.455. The molecule has 0 saturated heterocycles. The zero-order chi connectivity index (χ0) is 9.68. The molecule has 0 unspecified atom stereocenters. The third-order valence-electron chi connectivity index (χ3n) is 2.04. The highest BCUT2D eigenvalue weighted by atomic mass is 35.5. The summed E-state index contributed by atoms with van der Waals surface area (Å²) in [6.07, 6.45) is 0.954. The number of halogens is 1. The van der Waals surface area contributed by atoms with Gasteiger partial charge in [-0.3, -0.25) is 0 Å². The Hall–Kier alpha value is -0.730. The lowest BCUT2D eigenvalue weighted by Gasteiger charge is -2.10. The molecular weight excluding hydrogens is 198 g/mol. The van der Waals surface area contributed by atoms with E-state index in [2.05, 4.69) is 6.92 Å². The van der Waals surface area contributed by atoms with Gasteiger partial charge < -0.3 is 10.5 Å². The van der Waals surface area contributed by atoms with Crippen LogP contribution in [0.15, 0.2) is 24.3 Å². The minimum absolute atomic E-state index is 0. The molecule has 0 heterocycles. The molecule has 80 valence electrons. The van der Waals surface area contributed by atoms with E-state index >= 15 is 0 Å².